The van der Waals surface area contributed by atoms with Crippen LogP contribution in [-0.2, 0) is 9.53 Å². The van der Waals surface area contributed by atoms with Gasteiger partial charge < -0.3 is 14.5 Å². The van der Waals surface area contributed by atoms with Crippen molar-refractivity contribution in [3.05, 3.63) is 58.5 Å². The van der Waals surface area contributed by atoms with Gasteiger partial charge >= 0.3 is 11.7 Å². The Balaban J connectivity index is 2.15. The van der Waals surface area contributed by atoms with Gasteiger partial charge in [0, 0.05) is 6.07 Å². The van der Waals surface area contributed by atoms with Gasteiger partial charge in [-0.1, -0.05) is 30.3 Å². The number of imidazole rings is 1. The number of esters is 1. The number of carbonyl (C=O) groups is 1. The van der Waals surface area contributed by atoms with Gasteiger partial charge in [-0.25, -0.2) is 4.79 Å². The summed E-state index contributed by atoms with van der Waals surface area (Å²) in [6, 6.07) is 12.2. The van der Waals surface area contributed by atoms with E-state index in [9.17, 15) is 9.59 Å². The van der Waals surface area contributed by atoms with Crippen LogP contribution in [0.25, 0.3) is 11.2 Å². The molecule has 0 aliphatic heterocycles. The summed E-state index contributed by atoms with van der Waals surface area (Å²) in [6.45, 7) is 2.04. The van der Waals surface area contributed by atoms with E-state index in [1.165, 1.54) is 11.7 Å². The molecule has 2 aromatic heterocycles. The number of hydrogen-bond acceptors (Lipinski definition) is 5. The molecule has 130 valence electrons. The minimum atomic E-state index is -0.527. The molecule has 1 aromatic carbocycles. The molecule has 0 aliphatic carbocycles. The summed E-state index contributed by atoms with van der Waals surface area (Å²) in [4.78, 5) is 31.8. The van der Waals surface area contributed by atoms with Crippen molar-refractivity contribution < 1.29 is 14.3 Å². The summed E-state index contributed by atoms with van der Waals surface area (Å²) in [7, 11) is 1.51. The predicted molar refractivity (Wildman–Crippen MR) is 92.7 cm³/mol. The number of carbonyl (C=O) groups excluding carboxylic acids is 1. The van der Waals surface area contributed by atoms with E-state index in [0.29, 0.717) is 17.0 Å². The minimum Gasteiger partial charge on any atom is -0.481 e. The van der Waals surface area contributed by atoms with Gasteiger partial charge in [0.05, 0.1) is 31.7 Å². The predicted octanol–water partition coefficient (Wildman–Crippen LogP) is 2.28. The monoisotopic (exact) mass is 341 g/mol. The van der Waals surface area contributed by atoms with Crippen molar-refractivity contribution in [1.29, 1.82) is 0 Å². The number of rotatable bonds is 6. The smallest absolute Gasteiger partial charge is 0.328 e. The van der Waals surface area contributed by atoms with Crippen LogP contribution in [0.5, 0.6) is 5.88 Å². The highest BCUT2D eigenvalue weighted by Gasteiger charge is 2.24. The number of aromatic nitrogens is 3. The second-order valence-corrected chi connectivity index (χ2v) is 5.46. The van der Waals surface area contributed by atoms with Crippen LogP contribution in [-0.4, -0.2) is 34.2 Å². The Hall–Kier alpha value is -3.09. The lowest BCUT2D eigenvalue weighted by atomic mass is 10.0. The number of aromatic amines is 1. The molecule has 0 amide bonds. The molecule has 0 spiro atoms. The van der Waals surface area contributed by atoms with E-state index in [4.69, 9.17) is 9.47 Å². The molecule has 1 N–H and O–H groups in total. The number of hydrogen-bond donors (Lipinski definition) is 1. The number of H-pyrrole nitrogens is 1. The molecule has 0 radical (unpaired) electrons. The van der Waals surface area contributed by atoms with Crippen molar-refractivity contribution in [1.82, 2.24) is 14.5 Å². The SMILES string of the molecule is CCOC(=O)CC(c1ccccc1)n1c(=O)[nH]c2ccc(OC)nc21. The third kappa shape index (κ3) is 3.40. The highest BCUT2D eigenvalue weighted by atomic mass is 16.5. The van der Waals surface area contributed by atoms with Crippen molar-refractivity contribution in [2.45, 2.75) is 19.4 Å². The van der Waals surface area contributed by atoms with Crippen LogP contribution in [0.15, 0.2) is 47.3 Å². The van der Waals surface area contributed by atoms with E-state index >= 15 is 0 Å². The molecule has 1 unspecified atom stereocenters. The highest BCUT2D eigenvalue weighted by molar-refractivity contribution is 5.74. The summed E-state index contributed by atoms with van der Waals surface area (Å²) < 4.78 is 11.7. The van der Waals surface area contributed by atoms with Gasteiger partial charge in [0.15, 0.2) is 5.65 Å². The highest BCUT2D eigenvalue weighted by Crippen LogP contribution is 2.25. The molecule has 1 atom stereocenters. The van der Waals surface area contributed by atoms with Gasteiger partial charge in [-0.15, -0.1) is 0 Å². The first kappa shape index (κ1) is 16.8. The lowest BCUT2D eigenvalue weighted by molar-refractivity contribution is -0.143. The molecule has 7 heteroatoms. The lowest BCUT2D eigenvalue weighted by Crippen LogP contribution is -2.26. The zero-order chi connectivity index (χ0) is 17.8. The normalized spacial score (nSPS) is 12.1. The Bertz CT molecular complexity index is 930. The van der Waals surface area contributed by atoms with Crippen LogP contribution in [0.1, 0.15) is 24.9 Å². The first-order valence-corrected chi connectivity index (χ1v) is 7.99. The van der Waals surface area contributed by atoms with Crippen molar-refractivity contribution in [3.8, 4) is 5.88 Å². The Morgan fingerprint density at radius 1 is 1.24 bits per heavy atom. The second-order valence-electron chi connectivity index (χ2n) is 5.46. The Kier molecular flexibility index (Phi) is 4.83. The van der Waals surface area contributed by atoms with Gasteiger partial charge in [0.25, 0.3) is 0 Å². The van der Waals surface area contributed by atoms with Crippen molar-refractivity contribution in [2.24, 2.45) is 0 Å². The van der Waals surface area contributed by atoms with Crippen molar-refractivity contribution in [2.75, 3.05) is 13.7 Å². The maximum Gasteiger partial charge on any atom is 0.328 e. The van der Waals surface area contributed by atoms with Crippen molar-refractivity contribution in [3.63, 3.8) is 0 Å². The molecule has 0 saturated carbocycles. The van der Waals surface area contributed by atoms with E-state index < -0.39 is 6.04 Å². The fourth-order valence-corrected chi connectivity index (χ4v) is 2.80. The Morgan fingerprint density at radius 3 is 2.68 bits per heavy atom. The van der Waals surface area contributed by atoms with E-state index in [0.717, 1.165) is 5.56 Å². The van der Waals surface area contributed by atoms with Gasteiger partial charge in [0.1, 0.15) is 0 Å². The van der Waals surface area contributed by atoms with E-state index in [1.807, 2.05) is 30.3 Å². The fraction of sp³-hybridized carbons (Fsp3) is 0.278. The number of methoxy groups -OCH3 is 1. The third-order valence-electron chi connectivity index (χ3n) is 3.91. The molecule has 3 rings (SSSR count). The standard InChI is InChI=1S/C18H19N3O4/c1-3-25-16(22)11-14(12-7-5-4-6-8-12)21-17-13(19-18(21)23)9-10-15(20-17)24-2/h4-10,14H,3,11H2,1-2H3,(H,19,23). The zero-order valence-corrected chi connectivity index (χ0v) is 14.1. The molecule has 0 aliphatic rings. The first-order chi connectivity index (χ1) is 12.1. The summed E-state index contributed by atoms with van der Waals surface area (Å²) in [5.74, 6) is 0.0173. The lowest BCUT2D eigenvalue weighted by Gasteiger charge is -2.18. The van der Waals surface area contributed by atoms with Crippen LogP contribution in [0, 0.1) is 0 Å². The number of nitrogens with one attached hydrogen (secondary N) is 1. The van der Waals surface area contributed by atoms with Crippen LogP contribution in [0.3, 0.4) is 0 Å². The maximum absolute atomic E-state index is 12.6. The Labute approximate surface area is 144 Å². The number of nitrogens with zero attached hydrogens (tertiary/aromatic N) is 2. The topological polar surface area (TPSA) is 86.2 Å². The number of ether oxygens (including phenoxy) is 2. The largest absolute Gasteiger partial charge is 0.481 e. The average molecular weight is 341 g/mol. The van der Waals surface area contributed by atoms with Crippen LogP contribution < -0.4 is 10.4 Å². The van der Waals surface area contributed by atoms with Crippen molar-refractivity contribution >= 4 is 17.1 Å². The average Bonchev–Trinajstić information content (AvgIpc) is 2.95. The van der Waals surface area contributed by atoms with Crippen LogP contribution >= 0.6 is 0 Å². The van der Waals surface area contributed by atoms with Gasteiger partial charge in [0.2, 0.25) is 5.88 Å². The molecule has 25 heavy (non-hydrogen) atoms. The molecule has 0 fully saturated rings. The minimum absolute atomic E-state index is 0.0314. The molecule has 0 saturated heterocycles. The van der Waals surface area contributed by atoms with Gasteiger partial charge in [-0.05, 0) is 18.6 Å². The quantitative estimate of drug-likeness (QED) is 0.695. The maximum atomic E-state index is 12.6. The third-order valence-corrected chi connectivity index (χ3v) is 3.91. The van der Waals surface area contributed by atoms with Crippen LogP contribution in [0.2, 0.25) is 0 Å². The first-order valence-electron chi connectivity index (χ1n) is 7.99. The molecule has 0 bridgehead atoms. The van der Waals surface area contributed by atoms with Gasteiger partial charge in [-0.3, -0.25) is 9.36 Å². The summed E-state index contributed by atoms with van der Waals surface area (Å²) in [6.07, 6.45) is 0.0314. The second kappa shape index (κ2) is 7.21. The summed E-state index contributed by atoms with van der Waals surface area (Å²) in [5.41, 5.74) is 1.50. The summed E-state index contributed by atoms with van der Waals surface area (Å²) in [5, 5.41) is 0. The van der Waals surface area contributed by atoms with E-state index in [1.54, 1.807) is 19.1 Å². The van der Waals surface area contributed by atoms with Crippen LogP contribution in [0.4, 0.5) is 0 Å². The fourth-order valence-electron chi connectivity index (χ4n) is 2.80. The Morgan fingerprint density at radius 2 is 2.00 bits per heavy atom. The molecule has 3 aromatic rings. The molecular weight excluding hydrogens is 322 g/mol. The number of benzene rings is 1. The van der Waals surface area contributed by atoms with E-state index in [-0.39, 0.29) is 24.7 Å². The number of fused-ring (bicyclic) bond motifs is 1. The number of pyridine rings is 1. The van der Waals surface area contributed by atoms with Gasteiger partial charge in [-0.2, -0.15) is 4.98 Å². The molecule has 2 heterocycles. The molecule has 7 nitrogen and oxygen atoms in total. The summed E-state index contributed by atoms with van der Waals surface area (Å²) >= 11 is 0. The zero-order valence-electron chi connectivity index (χ0n) is 14.1. The molecular formula is C18H19N3O4. The van der Waals surface area contributed by atoms with E-state index in [2.05, 4.69) is 9.97 Å².